The third kappa shape index (κ3) is 4.26. The Morgan fingerprint density at radius 3 is 1.67 bits per heavy atom. The standard InChI is InChI=1S/C47H29N5/c1-3-15-31(16-4-1)45-48-46(32-17-5-2-6-18-32)50-47(49-45)52-41-25-13-24-40(43(41)38-28-33-19-7-8-20-34(33)29-42(38)52)51-39-23-12-11-22-36(39)37-27-26-30-14-9-10-21-35(30)44(37)51/h1-29H. The van der Waals surface area contributed by atoms with Gasteiger partial charge in [-0.15, -0.1) is 0 Å². The number of benzene rings is 8. The Morgan fingerprint density at radius 1 is 0.346 bits per heavy atom. The van der Waals surface area contributed by atoms with Crippen molar-refractivity contribution in [2.75, 3.05) is 0 Å². The minimum atomic E-state index is 0.577. The van der Waals surface area contributed by atoms with Crippen LogP contribution in [0.5, 0.6) is 0 Å². The molecule has 0 bridgehead atoms. The van der Waals surface area contributed by atoms with E-state index in [-0.39, 0.29) is 0 Å². The van der Waals surface area contributed by atoms with Crippen molar-refractivity contribution in [2.24, 2.45) is 0 Å². The SMILES string of the molecule is c1ccc(-c2nc(-c3ccccc3)nc(-n3c4cc5ccccc5cc4c4c(-n5c6ccccc6c6ccc7ccccc7c65)cccc43)n2)cc1. The molecule has 3 heterocycles. The first-order valence-electron chi connectivity index (χ1n) is 17.5. The minimum absolute atomic E-state index is 0.577. The van der Waals surface area contributed by atoms with Gasteiger partial charge in [-0.2, -0.15) is 9.97 Å². The lowest BCUT2D eigenvalue weighted by Crippen LogP contribution is -2.06. The largest absolute Gasteiger partial charge is 0.308 e. The van der Waals surface area contributed by atoms with Gasteiger partial charge in [-0.05, 0) is 46.5 Å². The van der Waals surface area contributed by atoms with Crippen LogP contribution in [0.25, 0.3) is 99.6 Å². The van der Waals surface area contributed by atoms with Gasteiger partial charge in [-0.3, -0.25) is 4.57 Å². The Kier molecular flexibility index (Phi) is 6.18. The van der Waals surface area contributed by atoms with E-state index < -0.39 is 0 Å². The summed E-state index contributed by atoms with van der Waals surface area (Å²) in [6.07, 6.45) is 0. The molecule has 0 aliphatic carbocycles. The predicted octanol–water partition coefficient (Wildman–Crippen LogP) is 11.7. The van der Waals surface area contributed by atoms with Crippen molar-refractivity contribution in [2.45, 2.75) is 0 Å². The van der Waals surface area contributed by atoms with Gasteiger partial charge >= 0.3 is 0 Å². The molecule has 0 radical (unpaired) electrons. The van der Waals surface area contributed by atoms with Crippen LogP contribution in [0.3, 0.4) is 0 Å². The molecule has 0 unspecified atom stereocenters. The molecule has 0 N–H and O–H groups in total. The lowest BCUT2D eigenvalue weighted by atomic mass is 10.0. The van der Waals surface area contributed by atoms with Crippen LogP contribution in [0, 0.1) is 0 Å². The third-order valence-corrected chi connectivity index (χ3v) is 10.3. The predicted molar refractivity (Wildman–Crippen MR) is 214 cm³/mol. The molecule has 0 aliphatic heterocycles. The normalized spacial score (nSPS) is 11.8. The molecule has 0 spiro atoms. The first-order chi connectivity index (χ1) is 25.8. The van der Waals surface area contributed by atoms with E-state index >= 15 is 0 Å². The highest BCUT2D eigenvalue weighted by Crippen LogP contribution is 2.42. The fraction of sp³-hybridized carbons (Fsp3) is 0. The highest BCUT2D eigenvalue weighted by Gasteiger charge is 2.23. The van der Waals surface area contributed by atoms with Crippen molar-refractivity contribution in [1.29, 1.82) is 0 Å². The Labute approximate surface area is 298 Å². The lowest BCUT2D eigenvalue weighted by molar-refractivity contribution is 0.953. The van der Waals surface area contributed by atoms with Crippen LogP contribution in [0.15, 0.2) is 176 Å². The van der Waals surface area contributed by atoms with Crippen LogP contribution in [-0.2, 0) is 0 Å². The second-order valence-electron chi connectivity index (χ2n) is 13.3. The maximum atomic E-state index is 5.22. The monoisotopic (exact) mass is 663 g/mol. The number of aromatic nitrogens is 5. The van der Waals surface area contributed by atoms with Crippen molar-refractivity contribution >= 4 is 65.2 Å². The summed E-state index contributed by atoms with van der Waals surface area (Å²) in [5.74, 6) is 1.84. The van der Waals surface area contributed by atoms with Gasteiger partial charge in [0, 0.05) is 38.1 Å². The molecule has 0 fully saturated rings. The summed E-state index contributed by atoms with van der Waals surface area (Å²) >= 11 is 0. The Morgan fingerprint density at radius 2 is 0.942 bits per heavy atom. The fourth-order valence-corrected chi connectivity index (χ4v) is 8.01. The number of hydrogen-bond donors (Lipinski definition) is 0. The van der Waals surface area contributed by atoms with E-state index in [1.54, 1.807) is 0 Å². The molecule has 8 aromatic carbocycles. The second kappa shape index (κ2) is 11.2. The molecule has 5 heteroatoms. The van der Waals surface area contributed by atoms with E-state index in [1.165, 1.54) is 38.0 Å². The first-order valence-corrected chi connectivity index (χ1v) is 17.5. The molecule has 0 atom stereocenters. The van der Waals surface area contributed by atoms with Crippen LogP contribution >= 0.6 is 0 Å². The molecule has 11 aromatic rings. The summed E-state index contributed by atoms with van der Waals surface area (Å²) in [5.41, 5.74) is 7.42. The van der Waals surface area contributed by atoms with Crippen molar-refractivity contribution < 1.29 is 0 Å². The zero-order chi connectivity index (χ0) is 34.2. The fourth-order valence-electron chi connectivity index (χ4n) is 8.01. The van der Waals surface area contributed by atoms with Gasteiger partial charge in [0.25, 0.3) is 0 Å². The smallest absolute Gasteiger partial charge is 0.238 e. The molecule has 5 nitrogen and oxygen atoms in total. The summed E-state index contributed by atoms with van der Waals surface area (Å²) in [4.78, 5) is 15.4. The number of para-hydroxylation sites is 1. The molecule has 0 saturated heterocycles. The van der Waals surface area contributed by atoms with Crippen LogP contribution in [0.1, 0.15) is 0 Å². The van der Waals surface area contributed by atoms with E-state index in [1.807, 2.05) is 36.4 Å². The molecule has 0 aliphatic rings. The molecule has 242 valence electrons. The van der Waals surface area contributed by atoms with Crippen molar-refractivity contribution in [3.05, 3.63) is 176 Å². The van der Waals surface area contributed by atoms with Gasteiger partial charge in [-0.25, -0.2) is 4.98 Å². The van der Waals surface area contributed by atoms with E-state index in [0.29, 0.717) is 17.6 Å². The molecule has 11 rings (SSSR count). The Bertz CT molecular complexity index is 3120. The molecular weight excluding hydrogens is 635 g/mol. The van der Waals surface area contributed by atoms with E-state index in [0.717, 1.165) is 44.0 Å². The molecule has 0 saturated carbocycles. The second-order valence-corrected chi connectivity index (χ2v) is 13.3. The number of rotatable bonds is 4. The number of hydrogen-bond acceptors (Lipinski definition) is 3. The van der Waals surface area contributed by atoms with Crippen molar-refractivity contribution in [1.82, 2.24) is 24.1 Å². The van der Waals surface area contributed by atoms with Crippen LogP contribution in [0.4, 0.5) is 0 Å². The number of nitrogens with zero attached hydrogens (tertiary/aromatic N) is 5. The maximum Gasteiger partial charge on any atom is 0.238 e. The zero-order valence-corrected chi connectivity index (χ0v) is 28.0. The average molecular weight is 664 g/mol. The number of fused-ring (bicyclic) bond motifs is 9. The third-order valence-electron chi connectivity index (χ3n) is 10.3. The van der Waals surface area contributed by atoms with Gasteiger partial charge in [-0.1, -0.05) is 146 Å². The van der Waals surface area contributed by atoms with Gasteiger partial charge < -0.3 is 4.57 Å². The Balaban J connectivity index is 1.31. The molecule has 0 amide bonds. The maximum absolute atomic E-state index is 5.22. The summed E-state index contributed by atoms with van der Waals surface area (Å²) in [6, 6.07) is 62.1. The van der Waals surface area contributed by atoms with Gasteiger partial charge in [0.1, 0.15) is 0 Å². The van der Waals surface area contributed by atoms with Gasteiger partial charge in [0.05, 0.1) is 27.8 Å². The van der Waals surface area contributed by atoms with E-state index in [2.05, 4.69) is 149 Å². The molecular formula is C47H29N5. The van der Waals surface area contributed by atoms with E-state index in [9.17, 15) is 0 Å². The van der Waals surface area contributed by atoms with Gasteiger partial charge in [0.15, 0.2) is 11.6 Å². The van der Waals surface area contributed by atoms with Gasteiger partial charge in [0.2, 0.25) is 5.95 Å². The van der Waals surface area contributed by atoms with Crippen LogP contribution < -0.4 is 0 Å². The highest BCUT2D eigenvalue weighted by molar-refractivity contribution is 6.22. The quantitative estimate of drug-likeness (QED) is 0.188. The topological polar surface area (TPSA) is 48.5 Å². The summed E-state index contributed by atoms with van der Waals surface area (Å²) in [7, 11) is 0. The molecule has 3 aromatic heterocycles. The highest BCUT2D eigenvalue weighted by atomic mass is 15.2. The van der Waals surface area contributed by atoms with Crippen molar-refractivity contribution in [3.63, 3.8) is 0 Å². The first kappa shape index (κ1) is 28.7. The molecule has 52 heavy (non-hydrogen) atoms. The Hall–Kier alpha value is -7.11. The zero-order valence-electron chi connectivity index (χ0n) is 28.0. The van der Waals surface area contributed by atoms with Crippen molar-refractivity contribution in [3.8, 4) is 34.4 Å². The average Bonchev–Trinajstić information content (AvgIpc) is 3.73. The van der Waals surface area contributed by atoms with Crippen LogP contribution in [0.2, 0.25) is 0 Å². The lowest BCUT2D eigenvalue weighted by Gasteiger charge is -2.13. The van der Waals surface area contributed by atoms with E-state index in [4.69, 9.17) is 15.0 Å². The van der Waals surface area contributed by atoms with Crippen LogP contribution in [-0.4, -0.2) is 24.1 Å². The summed E-state index contributed by atoms with van der Waals surface area (Å²) < 4.78 is 4.69. The summed E-state index contributed by atoms with van der Waals surface area (Å²) in [5, 5.41) is 9.52. The minimum Gasteiger partial charge on any atom is -0.308 e. The summed E-state index contributed by atoms with van der Waals surface area (Å²) in [6.45, 7) is 0.